The summed E-state index contributed by atoms with van der Waals surface area (Å²) in [7, 11) is 6.01. The van der Waals surface area contributed by atoms with Crippen LogP contribution in [0.2, 0.25) is 0 Å². The third-order valence-corrected chi connectivity index (χ3v) is 2.03. The number of rotatable bonds is 4. The van der Waals surface area contributed by atoms with Crippen molar-refractivity contribution >= 4 is 5.82 Å². The predicted octanol–water partition coefficient (Wildman–Crippen LogP) is 0.346. The second-order valence-corrected chi connectivity index (χ2v) is 3.60. The lowest BCUT2D eigenvalue weighted by molar-refractivity contribution is 0.416. The number of nitrogens with zero attached hydrogens (tertiary/aromatic N) is 5. The summed E-state index contributed by atoms with van der Waals surface area (Å²) in [5.74, 6) is 0.788. The molecule has 0 aliphatic carbocycles. The predicted molar refractivity (Wildman–Crippen MR) is 58.6 cm³/mol. The quantitative estimate of drug-likeness (QED) is 0.709. The second kappa shape index (κ2) is 5.27. The van der Waals surface area contributed by atoms with Crippen molar-refractivity contribution in [3.8, 4) is 6.07 Å². The Bertz CT molecular complexity index is 338. The largest absolute Gasteiger partial charge is 0.357 e. The molecule has 0 aliphatic heterocycles. The van der Waals surface area contributed by atoms with E-state index >= 15 is 0 Å². The molecule has 1 aromatic rings. The van der Waals surface area contributed by atoms with Gasteiger partial charge in [-0.1, -0.05) is 0 Å². The highest BCUT2D eigenvalue weighted by Gasteiger charge is 2.03. The molecule has 1 aromatic heterocycles. The molecule has 0 aromatic carbocycles. The van der Waals surface area contributed by atoms with Gasteiger partial charge in [0, 0.05) is 20.1 Å². The fourth-order valence-electron chi connectivity index (χ4n) is 1.04. The first kappa shape index (κ1) is 11.4. The molecule has 0 N–H and O–H groups in total. The summed E-state index contributed by atoms with van der Waals surface area (Å²) in [6.07, 6.45) is 3.11. The topological polar surface area (TPSA) is 56.0 Å². The van der Waals surface area contributed by atoms with Gasteiger partial charge >= 0.3 is 0 Å². The van der Waals surface area contributed by atoms with E-state index in [1.807, 2.05) is 32.1 Å². The summed E-state index contributed by atoms with van der Waals surface area (Å²) in [4.78, 5) is 12.2. The molecule has 5 nitrogen and oxygen atoms in total. The van der Waals surface area contributed by atoms with Crippen molar-refractivity contribution in [3.63, 3.8) is 0 Å². The lowest BCUT2D eigenvalue weighted by Gasteiger charge is -2.19. The zero-order chi connectivity index (χ0) is 11.3. The minimum atomic E-state index is 0.347. The zero-order valence-electron chi connectivity index (χ0n) is 9.30. The fourth-order valence-corrected chi connectivity index (χ4v) is 1.04. The van der Waals surface area contributed by atoms with Gasteiger partial charge in [0.15, 0.2) is 5.69 Å². The smallest absolute Gasteiger partial charge is 0.158 e. The number of hydrogen-bond donors (Lipinski definition) is 0. The number of anilines is 1. The molecule has 1 heterocycles. The maximum atomic E-state index is 8.57. The van der Waals surface area contributed by atoms with E-state index in [2.05, 4.69) is 14.9 Å². The Morgan fingerprint density at radius 2 is 1.93 bits per heavy atom. The van der Waals surface area contributed by atoms with Gasteiger partial charge in [-0.15, -0.1) is 0 Å². The van der Waals surface area contributed by atoms with Gasteiger partial charge in [0.25, 0.3) is 0 Å². The van der Waals surface area contributed by atoms with E-state index in [1.165, 1.54) is 6.20 Å². The van der Waals surface area contributed by atoms with Gasteiger partial charge in [-0.2, -0.15) is 5.26 Å². The summed E-state index contributed by atoms with van der Waals surface area (Å²) in [5.41, 5.74) is 0.347. The van der Waals surface area contributed by atoms with Crippen LogP contribution in [0.25, 0.3) is 0 Å². The van der Waals surface area contributed by atoms with E-state index in [0.29, 0.717) is 5.69 Å². The average Bonchev–Trinajstić information content (AvgIpc) is 2.26. The van der Waals surface area contributed by atoms with Crippen LogP contribution < -0.4 is 4.90 Å². The maximum absolute atomic E-state index is 8.57. The van der Waals surface area contributed by atoms with Gasteiger partial charge in [-0.3, -0.25) is 0 Å². The monoisotopic (exact) mass is 205 g/mol. The van der Waals surface area contributed by atoms with E-state index in [1.54, 1.807) is 6.20 Å². The molecular weight excluding hydrogens is 190 g/mol. The maximum Gasteiger partial charge on any atom is 0.158 e. The molecule has 80 valence electrons. The average molecular weight is 205 g/mol. The molecular formula is C10H15N5. The third-order valence-electron chi connectivity index (χ3n) is 2.03. The van der Waals surface area contributed by atoms with Crippen molar-refractivity contribution in [2.75, 3.05) is 39.1 Å². The SMILES string of the molecule is CN(C)CCN(C)c1cnc(C#N)cn1. The second-order valence-electron chi connectivity index (χ2n) is 3.60. The fraction of sp³-hybridized carbons (Fsp3) is 0.500. The van der Waals surface area contributed by atoms with Gasteiger partial charge in [0.1, 0.15) is 11.9 Å². The highest BCUT2D eigenvalue weighted by Crippen LogP contribution is 2.05. The Morgan fingerprint density at radius 1 is 1.20 bits per heavy atom. The Labute approximate surface area is 90.0 Å². The van der Waals surface area contributed by atoms with Crippen LogP contribution in [0.3, 0.4) is 0 Å². The van der Waals surface area contributed by atoms with Crippen LogP contribution in [-0.4, -0.2) is 49.1 Å². The van der Waals surface area contributed by atoms with Gasteiger partial charge in [0.2, 0.25) is 0 Å². The lowest BCUT2D eigenvalue weighted by atomic mass is 10.4. The zero-order valence-corrected chi connectivity index (χ0v) is 9.30. The van der Waals surface area contributed by atoms with E-state index in [0.717, 1.165) is 18.9 Å². The van der Waals surface area contributed by atoms with E-state index < -0.39 is 0 Å². The first-order valence-corrected chi connectivity index (χ1v) is 4.71. The van der Waals surface area contributed by atoms with E-state index in [4.69, 9.17) is 5.26 Å². The molecule has 1 rings (SSSR count). The third kappa shape index (κ3) is 3.52. The van der Waals surface area contributed by atoms with Crippen LogP contribution in [0.5, 0.6) is 0 Å². The summed E-state index contributed by atoms with van der Waals surface area (Å²) >= 11 is 0. The molecule has 5 heteroatoms. The summed E-state index contributed by atoms with van der Waals surface area (Å²) in [6, 6.07) is 1.94. The van der Waals surface area contributed by atoms with Crippen molar-refractivity contribution in [1.82, 2.24) is 14.9 Å². The molecule has 0 amide bonds. The van der Waals surface area contributed by atoms with Gasteiger partial charge in [0.05, 0.1) is 12.4 Å². The van der Waals surface area contributed by atoms with Crippen molar-refractivity contribution in [1.29, 1.82) is 5.26 Å². The molecule has 0 bridgehead atoms. The van der Waals surface area contributed by atoms with Crippen molar-refractivity contribution in [3.05, 3.63) is 18.1 Å². The van der Waals surface area contributed by atoms with Gasteiger partial charge in [-0.25, -0.2) is 9.97 Å². The number of hydrogen-bond acceptors (Lipinski definition) is 5. The number of likely N-dealkylation sites (N-methyl/N-ethyl adjacent to an activating group) is 2. The minimum absolute atomic E-state index is 0.347. The van der Waals surface area contributed by atoms with Crippen molar-refractivity contribution in [2.24, 2.45) is 0 Å². The number of aromatic nitrogens is 2. The van der Waals surface area contributed by atoms with Gasteiger partial charge in [-0.05, 0) is 14.1 Å². The standard InChI is InChI=1S/C10H15N5/c1-14(2)4-5-15(3)10-8-12-9(6-11)7-13-10/h7-8H,4-5H2,1-3H3. The van der Waals surface area contributed by atoms with Crippen molar-refractivity contribution < 1.29 is 0 Å². The normalized spacial score (nSPS) is 10.1. The van der Waals surface area contributed by atoms with Crippen LogP contribution in [0.1, 0.15) is 5.69 Å². The summed E-state index contributed by atoms with van der Waals surface area (Å²) in [6.45, 7) is 1.84. The first-order chi connectivity index (χ1) is 7.13. The molecule has 0 saturated carbocycles. The molecule has 0 fully saturated rings. The minimum Gasteiger partial charge on any atom is -0.357 e. The molecule has 0 spiro atoms. The molecule has 0 atom stereocenters. The van der Waals surface area contributed by atoms with Gasteiger partial charge < -0.3 is 9.80 Å². The summed E-state index contributed by atoms with van der Waals surface area (Å²) in [5, 5.41) is 8.57. The number of nitriles is 1. The van der Waals surface area contributed by atoms with Crippen LogP contribution in [-0.2, 0) is 0 Å². The molecule has 15 heavy (non-hydrogen) atoms. The highest BCUT2D eigenvalue weighted by atomic mass is 15.2. The summed E-state index contributed by atoms with van der Waals surface area (Å²) < 4.78 is 0. The molecule has 0 saturated heterocycles. The molecule has 0 aliphatic rings. The van der Waals surface area contributed by atoms with Crippen molar-refractivity contribution in [2.45, 2.75) is 0 Å². The van der Waals surface area contributed by atoms with Crippen LogP contribution >= 0.6 is 0 Å². The Hall–Kier alpha value is -1.67. The Balaban J connectivity index is 2.58. The highest BCUT2D eigenvalue weighted by molar-refractivity contribution is 5.35. The Morgan fingerprint density at radius 3 is 2.40 bits per heavy atom. The van der Waals surface area contributed by atoms with Crippen LogP contribution in [0.15, 0.2) is 12.4 Å². The van der Waals surface area contributed by atoms with Crippen LogP contribution in [0, 0.1) is 11.3 Å². The molecule has 0 unspecified atom stereocenters. The first-order valence-electron chi connectivity index (χ1n) is 4.71. The van der Waals surface area contributed by atoms with Crippen LogP contribution in [0.4, 0.5) is 5.82 Å². The lowest BCUT2D eigenvalue weighted by Crippen LogP contribution is -2.29. The van der Waals surface area contributed by atoms with E-state index in [9.17, 15) is 0 Å². The van der Waals surface area contributed by atoms with E-state index in [-0.39, 0.29) is 0 Å². The Kier molecular flexibility index (Phi) is 4.01. The molecule has 0 radical (unpaired) electrons.